The number of carbonyl (C=O) groups excluding carboxylic acids is 1. The number of hydrogen-bond acceptors (Lipinski definition) is 5. The van der Waals surface area contributed by atoms with Crippen molar-refractivity contribution in [3.05, 3.63) is 29.2 Å². The van der Waals surface area contributed by atoms with Crippen molar-refractivity contribution in [3.63, 3.8) is 0 Å². The van der Waals surface area contributed by atoms with Gasteiger partial charge in [0.2, 0.25) is 0 Å². The van der Waals surface area contributed by atoms with Gasteiger partial charge in [-0.25, -0.2) is 9.78 Å². The summed E-state index contributed by atoms with van der Waals surface area (Å²) in [5.74, 6) is 0. The van der Waals surface area contributed by atoms with Gasteiger partial charge in [0.05, 0.1) is 10.7 Å². The van der Waals surface area contributed by atoms with Crippen molar-refractivity contribution in [1.29, 1.82) is 0 Å². The highest BCUT2D eigenvalue weighted by atomic mass is 35.5. The zero-order valence-electron chi connectivity index (χ0n) is 13.2. The Morgan fingerprint density at radius 1 is 1.36 bits per heavy atom. The van der Waals surface area contributed by atoms with Crippen LogP contribution in [0, 0.1) is 6.92 Å². The van der Waals surface area contributed by atoms with Crippen molar-refractivity contribution >= 4 is 34.0 Å². The van der Waals surface area contributed by atoms with Gasteiger partial charge in [0.25, 0.3) is 0 Å². The lowest BCUT2D eigenvalue weighted by atomic mass is 10.2. The van der Waals surface area contributed by atoms with Crippen molar-refractivity contribution in [3.8, 4) is 10.6 Å². The Bertz CT molecular complexity index is 694. The molecule has 0 bridgehead atoms. The standard InChI is InChI=1S/C15H18ClN3O2S/c1-9-13(19(5)14(20)21-15(2,3)4)22-12(18-9)10-6-11(16)8-17-7-10/h6-8H,1-5H3. The van der Waals surface area contributed by atoms with Crippen LogP contribution in [0.25, 0.3) is 10.6 Å². The average molecular weight is 340 g/mol. The molecule has 0 aliphatic carbocycles. The number of halogens is 1. The molecule has 2 aromatic rings. The summed E-state index contributed by atoms with van der Waals surface area (Å²) < 4.78 is 5.38. The van der Waals surface area contributed by atoms with Crippen molar-refractivity contribution < 1.29 is 9.53 Å². The lowest BCUT2D eigenvalue weighted by Crippen LogP contribution is -2.34. The maximum absolute atomic E-state index is 12.2. The van der Waals surface area contributed by atoms with E-state index in [-0.39, 0.29) is 0 Å². The molecule has 5 nitrogen and oxygen atoms in total. The van der Waals surface area contributed by atoms with Gasteiger partial charge < -0.3 is 4.74 Å². The van der Waals surface area contributed by atoms with Crippen LogP contribution in [-0.4, -0.2) is 28.7 Å². The van der Waals surface area contributed by atoms with Crippen molar-refractivity contribution in [2.75, 3.05) is 11.9 Å². The van der Waals surface area contributed by atoms with E-state index in [1.165, 1.54) is 16.2 Å². The summed E-state index contributed by atoms with van der Waals surface area (Å²) in [6.45, 7) is 7.36. The summed E-state index contributed by atoms with van der Waals surface area (Å²) in [6.07, 6.45) is 2.86. The molecule has 7 heteroatoms. The smallest absolute Gasteiger partial charge is 0.415 e. The number of rotatable bonds is 2. The lowest BCUT2D eigenvalue weighted by Gasteiger charge is -2.23. The number of anilines is 1. The summed E-state index contributed by atoms with van der Waals surface area (Å²) in [4.78, 5) is 22.2. The zero-order valence-corrected chi connectivity index (χ0v) is 14.7. The first kappa shape index (κ1) is 16.7. The maximum Gasteiger partial charge on any atom is 0.415 e. The number of amides is 1. The van der Waals surface area contributed by atoms with Gasteiger partial charge >= 0.3 is 6.09 Å². The van der Waals surface area contributed by atoms with Gasteiger partial charge in [0.1, 0.15) is 15.6 Å². The van der Waals surface area contributed by atoms with Crippen LogP contribution in [-0.2, 0) is 4.74 Å². The van der Waals surface area contributed by atoms with E-state index in [1.807, 2.05) is 27.7 Å². The molecular formula is C15H18ClN3O2S. The molecule has 0 atom stereocenters. The Kier molecular flexibility index (Phi) is 4.72. The highest BCUT2D eigenvalue weighted by Crippen LogP contribution is 2.34. The highest BCUT2D eigenvalue weighted by molar-refractivity contribution is 7.19. The minimum absolute atomic E-state index is 0.407. The fraction of sp³-hybridized carbons (Fsp3) is 0.400. The van der Waals surface area contributed by atoms with Crippen LogP contribution in [0.2, 0.25) is 5.02 Å². The molecule has 0 saturated carbocycles. The normalized spacial score (nSPS) is 11.4. The van der Waals surface area contributed by atoms with E-state index in [0.29, 0.717) is 5.02 Å². The Hall–Kier alpha value is -1.66. The number of pyridine rings is 1. The van der Waals surface area contributed by atoms with E-state index in [9.17, 15) is 4.79 Å². The molecule has 118 valence electrons. The van der Waals surface area contributed by atoms with Gasteiger partial charge in [-0.15, -0.1) is 0 Å². The van der Waals surface area contributed by atoms with Crippen LogP contribution >= 0.6 is 22.9 Å². The minimum atomic E-state index is -0.538. The summed E-state index contributed by atoms with van der Waals surface area (Å²) in [7, 11) is 1.68. The topological polar surface area (TPSA) is 55.3 Å². The molecule has 2 heterocycles. The third-order valence-electron chi connectivity index (χ3n) is 2.70. The molecule has 1 amide bonds. The molecular weight excluding hydrogens is 322 g/mol. The molecule has 0 fully saturated rings. The second-order valence-corrected chi connectivity index (χ2v) is 7.25. The molecule has 2 rings (SSSR count). The number of carbonyl (C=O) groups is 1. The molecule has 0 spiro atoms. The Labute approximate surface area is 138 Å². The number of hydrogen-bond donors (Lipinski definition) is 0. The Balaban J connectivity index is 2.28. The maximum atomic E-state index is 12.2. The third kappa shape index (κ3) is 3.96. The first-order valence-corrected chi connectivity index (χ1v) is 7.92. The molecule has 0 saturated heterocycles. The SMILES string of the molecule is Cc1nc(-c2cncc(Cl)c2)sc1N(C)C(=O)OC(C)(C)C. The number of aromatic nitrogens is 2. The highest BCUT2D eigenvalue weighted by Gasteiger charge is 2.24. The molecule has 0 N–H and O–H groups in total. The van der Waals surface area contributed by atoms with E-state index in [0.717, 1.165) is 21.3 Å². The van der Waals surface area contributed by atoms with E-state index >= 15 is 0 Å². The molecule has 0 radical (unpaired) electrons. The molecule has 0 unspecified atom stereocenters. The van der Waals surface area contributed by atoms with Gasteiger partial charge in [-0.1, -0.05) is 22.9 Å². The van der Waals surface area contributed by atoms with Gasteiger partial charge in [-0.05, 0) is 33.8 Å². The fourth-order valence-electron chi connectivity index (χ4n) is 1.77. The summed E-state index contributed by atoms with van der Waals surface area (Å²) in [6, 6.07) is 1.80. The van der Waals surface area contributed by atoms with Gasteiger partial charge in [0, 0.05) is 25.0 Å². The quantitative estimate of drug-likeness (QED) is 0.806. The van der Waals surface area contributed by atoms with Crippen LogP contribution in [0.1, 0.15) is 26.5 Å². The Morgan fingerprint density at radius 2 is 2.05 bits per heavy atom. The largest absolute Gasteiger partial charge is 0.443 e. The molecule has 22 heavy (non-hydrogen) atoms. The third-order valence-corrected chi connectivity index (χ3v) is 4.19. The first-order chi connectivity index (χ1) is 10.2. The number of aryl methyl sites for hydroxylation is 1. The second-order valence-electron chi connectivity index (χ2n) is 5.84. The fourth-order valence-corrected chi connectivity index (χ4v) is 2.94. The predicted octanol–water partition coefficient (Wildman–Crippen LogP) is 4.54. The first-order valence-electron chi connectivity index (χ1n) is 6.72. The van der Waals surface area contributed by atoms with Crippen molar-refractivity contribution in [2.45, 2.75) is 33.3 Å². The second kappa shape index (κ2) is 6.22. The molecule has 2 aromatic heterocycles. The average Bonchev–Trinajstić information content (AvgIpc) is 2.78. The van der Waals surface area contributed by atoms with Crippen molar-refractivity contribution in [1.82, 2.24) is 9.97 Å². The zero-order chi connectivity index (χ0) is 16.5. The van der Waals surface area contributed by atoms with Gasteiger partial charge in [0.15, 0.2) is 0 Å². The predicted molar refractivity (Wildman–Crippen MR) is 89.7 cm³/mol. The number of ether oxygens (including phenoxy) is 1. The lowest BCUT2D eigenvalue weighted by molar-refractivity contribution is 0.0590. The summed E-state index contributed by atoms with van der Waals surface area (Å²) >= 11 is 7.36. The number of thiazole rings is 1. The molecule has 0 aliphatic rings. The summed E-state index contributed by atoms with van der Waals surface area (Å²) in [5, 5.41) is 2.05. The Morgan fingerprint density at radius 3 is 2.64 bits per heavy atom. The van der Waals surface area contributed by atoms with Crippen LogP contribution in [0.5, 0.6) is 0 Å². The van der Waals surface area contributed by atoms with E-state index in [1.54, 1.807) is 25.5 Å². The van der Waals surface area contributed by atoms with Crippen LogP contribution in [0.4, 0.5) is 9.80 Å². The van der Waals surface area contributed by atoms with Gasteiger partial charge in [-0.2, -0.15) is 0 Å². The molecule has 0 aromatic carbocycles. The monoisotopic (exact) mass is 339 g/mol. The van der Waals surface area contributed by atoms with E-state index in [4.69, 9.17) is 16.3 Å². The number of nitrogens with zero attached hydrogens (tertiary/aromatic N) is 3. The summed E-state index contributed by atoms with van der Waals surface area (Å²) in [5.41, 5.74) is 1.04. The van der Waals surface area contributed by atoms with Crippen LogP contribution < -0.4 is 4.90 Å². The van der Waals surface area contributed by atoms with Crippen LogP contribution in [0.15, 0.2) is 18.5 Å². The molecule has 0 aliphatic heterocycles. The van der Waals surface area contributed by atoms with E-state index < -0.39 is 11.7 Å². The van der Waals surface area contributed by atoms with Gasteiger partial charge in [-0.3, -0.25) is 9.88 Å². The minimum Gasteiger partial charge on any atom is -0.443 e. The van der Waals surface area contributed by atoms with Crippen LogP contribution in [0.3, 0.4) is 0 Å². The van der Waals surface area contributed by atoms with E-state index in [2.05, 4.69) is 9.97 Å². The van der Waals surface area contributed by atoms with Crippen molar-refractivity contribution in [2.24, 2.45) is 0 Å².